The number of carbonyl (C=O) groups is 1. The second-order valence-corrected chi connectivity index (χ2v) is 6.93. The quantitative estimate of drug-likeness (QED) is 0.841. The first-order chi connectivity index (χ1) is 8.21. The van der Waals surface area contributed by atoms with Gasteiger partial charge in [-0.05, 0) is 32.9 Å². The molecule has 0 unspecified atom stereocenters. The van der Waals surface area contributed by atoms with Gasteiger partial charge in [0.25, 0.3) is 15.9 Å². The Morgan fingerprint density at radius 1 is 1.22 bits per heavy atom. The van der Waals surface area contributed by atoms with Gasteiger partial charge in [0.05, 0.1) is 11.1 Å². The van der Waals surface area contributed by atoms with Gasteiger partial charge in [0.15, 0.2) is 0 Å². The number of amides is 1. The summed E-state index contributed by atoms with van der Waals surface area (Å²) in [4.78, 5) is 12.4. The van der Waals surface area contributed by atoms with E-state index in [0.717, 1.165) is 4.31 Å². The average molecular weight is 268 g/mol. The second kappa shape index (κ2) is 3.71. The predicted octanol–water partition coefficient (Wildman–Crippen LogP) is 1.67. The van der Waals surface area contributed by atoms with E-state index in [-0.39, 0.29) is 10.5 Å². The van der Waals surface area contributed by atoms with Crippen molar-refractivity contribution < 1.29 is 13.2 Å². The van der Waals surface area contributed by atoms with Crippen LogP contribution in [0.4, 0.5) is 5.69 Å². The number of nitrogens with zero attached hydrogens (tertiary/aromatic N) is 1. The van der Waals surface area contributed by atoms with E-state index < -0.39 is 21.5 Å². The van der Waals surface area contributed by atoms with Crippen molar-refractivity contribution in [1.29, 1.82) is 0 Å². The maximum absolute atomic E-state index is 12.4. The van der Waals surface area contributed by atoms with Crippen LogP contribution in [0.15, 0.2) is 23.1 Å². The van der Waals surface area contributed by atoms with Gasteiger partial charge in [-0.15, -0.1) is 0 Å². The summed E-state index contributed by atoms with van der Waals surface area (Å²) in [6, 6.07) is 4.79. The Bertz CT molecular complexity index is 615. The summed E-state index contributed by atoms with van der Waals surface area (Å²) in [5.74, 6) is -0.470. The van der Waals surface area contributed by atoms with E-state index >= 15 is 0 Å². The summed E-state index contributed by atoms with van der Waals surface area (Å²) in [5.41, 5.74) is -0.0114. The molecule has 2 rings (SSSR count). The first-order valence-electron chi connectivity index (χ1n) is 5.62. The van der Waals surface area contributed by atoms with Crippen molar-refractivity contribution in [3.8, 4) is 0 Å². The lowest BCUT2D eigenvalue weighted by atomic mass is 10.1. The van der Waals surface area contributed by atoms with Crippen LogP contribution in [0.2, 0.25) is 0 Å². The smallest absolute Gasteiger partial charge is 0.271 e. The van der Waals surface area contributed by atoms with Gasteiger partial charge in [-0.3, -0.25) is 4.79 Å². The van der Waals surface area contributed by atoms with E-state index in [1.807, 2.05) is 0 Å². The normalized spacial score (nSPS) is 17.8. The number of anilines is 1. The van der Waals surface area contributed by atoms with Crippen LogP contribution in [0.3, 0.4) is 0 Å². The molecule has 0 bridgehead atoms. The standard InChI is InChI=1S/C12H16N2O3S/c1-12(2,3)14-11(15)10-8(13-4)6-5-7-9(10)18(14,16)17/h5-7,13H,1-4H3. The minimum Gasteiger partial charge on any atom is -0.387 e. The van der Waals surface area contributed by atoms with Crippen LogP contribution >= 0.6 is 0 Å². The number of carbonyl (C=O) groups excluding carboxylic acids is 1. The highest BCUT2D eigenvalue weighted by Gasteiger charge is 2.47. The van der Waals surface area contributed by atoms with Gasteiger partial charge in [0, 0.05) is 12.7 Å². The van der Waals surface area contributed by atoms with Crippen molar-refractivity contribution in [3.63, 3.8) is 0 Å². The fraction of sp³-hybridized carbons (Fsp3) is 0.417. The third-order valence-corrected chi connectivity index (χ3v) is 4.91. The molecule has 1 N–H and O–H groups in total. The average Bonchev–Trinajstić information content (AvgIpc) is 2.45. The minimum atomic E-state index is -3.74. The first-order valence-corrected chi connectivity index (χ1v) is 7.06. The number of rotatable bonds is 1. The molecule has 0 saturated heterocycles. The number of hydrogen-bond donors (Lipinski definition) is 1. The zero-order valence-electron chi connectivity index (χ0n) is 10.8. The fourth-order valence-corrected chi connectivity index (χ4v) is 4.08. The van der Waals surface area contributed by atoms with Crippen molar-refractivity contribution in [2.45, 2.75) is 31.2 Å². The third kappa shape index (κ3) is 1.59. The van der Waals surface area contributed by atoms with E-state index in [2.05, 4.69) is 5.32 Å². The molecule has 0 spiro atoms. The van der Waals surface area contributed by atoms with E-state index in [1.54, 1.807) is 40.0 Å². The molecule has 5 nitrogen and oxygen atoms in total. The van der Waals surface area contributed by atoms with Crippen molar-refractivity contribution in [3.05, 3.63) is 23.8 Å². The van der Waals surface area contributed by atoms with Crippen molar-refractivity contribution >= 4 is 21.6 Å². The highest BCUT2D eigenvalue weighted by molar-refractivity contribution is 7.90. The lowest BCUT2D eigenvalue weighted by molar-refractivity contribution is 0.0788. The Hall–Kier alpha value is -1.56. The molecule has 98 valence electrons. The van der Waals surface area contributed by atoms with E-state index in [4.69, 9.17) is 0 Å². The molecule has 1 aromatic rings. The molecule has 1 aromatic carbocycles. The van der Waals surface area contributed by atoms with Gasteiger partial charge in [0.2, 0.25) is 0 Å². The summed E-state index contributed by atoms with van der Waals surface area (Å²) in [6.45, 7) is 5.11. The molecular formula is C12H16N2O3S. The molecule has 18 heavy (non-hydrogen) atoms. The third-order valence-electron chi connectivity index (χ3n) is 2.82. The van der Waals surface area contributed by atoms with Gasteiger partial charge in [0.1, 0.15) is 4.90 Å². The molecule has 1 aliphatic rings. The molecule has 1 heterocycles. The van der Waals surface area contributed by atoms with E-state index in [1.165, 1.54) is 6.07 Å². The number of nitrogens with one attached hydrogen (secondary N) is 1. The molecular weight excluding hydrogens is 252 g/mol. The Balaban J connectivity index is 2.77. The van der Waals surface area contributed by atoms with Crippen LogP contribution in [0.25, 0.3) is 0 Å². The van der Waals surface area contributed by atoms with Gasteiger partial charge in [-0.2, -0.15) is 0 Å². The van der Waals surface area contributed by atoms with Gasteiger partial charge >= 0.3 is 0 Å². The minimum absolute atomic E-state index is 0.0780. The van der Waals surface area contributed by atoms with Crippen LogP contribution in [-0.4, -0.2) is 31.2 Å². The summed E-state index contributed by atoms with van der Waals surface area (Å²) in [5, 5.41) is 2.86. The molecule has 0 fully saturated rings. The summed E-state index contributed by atoms with van der Waals surface area (Å²) < 4.78 is 25.7. The van der Waals surface area contributed by atoms with Gasteiger partial charge in [-0.1, -0.05) is 6.07 Å². The van der Waals surface area contributed by atoms with Crippen LogP contribution in [0, 0.1) is 0 Å². The Labute approximate surface area is 107 Å². The van der Waals surface area contributed by atoms with Gasteiger partial charge < -0.3 is 5.32 Å². The molecule has 0 saturated carbocycles. The predicted molar refractivity (Wildman–Crippen MR) is 69.1 cm³/mol. The first kappa shape index (κ1) is 12.9. The highest BCUT2D eigenvalue weighted by Crippen LogP contribution is 2.38. The topological polar surface area (TPSA) is 66.5 Å². The maximum atomic E-state index is 12.4. The van der Waals surface area contributed by atoms with Crippen molar-refractivity contribution in [2.24, 2.45) is 0 Å². The molecule has 0 aromatic heterocycles. The van der Waals surface area contributed by atoms with E-state index in [0.29, 0.717) is 5.69 Å². The van der Waals surface area contributed by atoms with Crippen LogP contribution in [0.1, 0.15) is 31.1 Å². The molecule has 1 amide bonds. The Morgan fingerprint density at radius 3 is 2.33 bits per heavy atom. The fourth-order valence-electron chi connectivity index (χ4n) is 2.15. The number of hydrogen-bond acceptors (Lipinski definition) is 4. The molecule has 0 atom stereocenters. The van der Waals surface area contributed by atoms with Crippen LogP contribution < -0.4 is 5.32 Å². The lowest BCUT2D eigenvalue weighted by Crippen LogP contribution is -2.45. The summed E-state index contributed by atoms with van der Waals surface area (Å²) in [7, 11) is -2.08. The molecule has 6 heteroatoms. The SMILES string of the molecule is CNc1cccc2c1C(=O)N(C(C)(C)C)S2(=O)=O. The largest absolute Gasteiger partial charge is 0.387 e. The van der Waals surface area contributed by atoms with Gasteiger partial charge in [-0.25, -0.2) is 12.7 Å². The van der Waals surface area contributed by atoms with Crippen LogP contribution in [0.5, 0.6) is 0 Å². The number of fused-ring (bicyclic) bond motifs is 1. The molecule has 0 radical (unpaired) electrons. The Morgan fingerprint density at radius 2 is 1.83 bits per heavy atom. The monoisotopic (exact) mass is 268 g/mol. The lowest BCUT2D eigenvalue weighted by Gasteiger charge is -2.29. The summed E-state index contributed by atoms with van der Waals surface area (Å²) in [6.07, 6.45) is 0. The van der Waals surface area contributed by atoms with E-state index in [9.17, 15) is 13.2 Å². The van der Waals surface area contributed by atoms with Crippen LogP contribution in [-0.2, 0) is 10.0 Å². The molecule has 1 aliphatic heterocycles. The van der Waals surface area contributed by atoms with Crippen molar-refractivity contribution in [1.82, 2.24) is 4.31 Å². The zero-order valence-corrected chi connectivity index (χ0v) is 11.6. The maximum Gasteiger partial charge on any atom is 0.271 e. The number of sulfonamides is 1. The zero-order chi connectivity index (χ0) is 13.7. The molecule has 0 aliphatic carbocycles. The summed E-state index contributed by atoms with van der Waals surface area (Å²) >= 11 is 0. The highest BCUT2D eigenvalue weighted by atomic mass is 32.2. The second-order valence-electron chi connectivity index (χ2n) is 5.17. The van der Waals surface area contributed by atoms with Crippen molar-refractivity contribution in [2.75, 3.05) is 12.4 Å². The Kier molecular flexibility index (Phi) is 2.66. The number of benzene rings is 1.